The number of amides is 1. The van der Waals surface area contributed by atoms with Gasteiger partial charge in [0.05, 0.1) is 17.8 Å². The largest absolute Gasteiger partial charge is 0.468 e. The van der Waals surface area contributed by atoms with Gasteiger partial charge in [-0.15, -0.1) is 11.8 Å². The first-order valence-electron chi connectivity index (χ1n) is 6.71. The van der Waals surface area contributed by atoms with Crippen LogP contribution in [0.1, 0.15) is 20.8 Å². The average molecular weight is 468 g/mol. The van der Waals surface area contributed by atoms with Crippen LogP contribution >= 0.6 is 34.4 Å². The number of hydrogen-bond donors (Lipinski definition) is 1. The number of benzene rings is 1. The number of ether oxygens (including phenoxy) is 2. The Morgan fingerprint density at radius 1 is 1.38 bits per heavy atom. The number of nitrogens with one attached hydrogen (secondary N) is 1. The normalized spacial score (nSPS) is 10.9. The van der Waals surface area contributed by atoms with Crippen LogP contribution < -0.4 is 5.32 Å². The predicted octanol–water partition coefficient (Wildman–Crippen LogP) is 3.81. The van der Waals surface area contributed by atoms with Crippen LogP contribution in [0, 0.1) is 13.7 Å². The van der Waals surface area contributed by atoms with Crippen LogP contribution in [0.25, 0.3) is 0 Å². The molecule has 1 N–H and O–H groups in total. The first-order valence-corrected chi connectivity index (χ1v) is 8.77. The zero-order valence-electron chi connectivity index (χ0n) is 13.5. The van der Waals surface area contributed by atoms with Crippen molar-refractivity contribution >= 4 is 57.8 Å². The van der Waals surface area contributed by atoms with Crippen molar-refractivity contribution in [1.29, 1.82) is 0 Å². The third-order valence-corrected chi connectivity index (χ3v) is 4.74. The second kappa shape index (κ2) is 8.51. The smallest absolute Gasteiger partial charge is 0.412 e. The lowest BCUT2D eigenvalue weighted by molar-refractivity contribution is -0.384. The van der Waals surface area contributed by atoms with Crippen molar-refractivity contribution in [3.8, 4) is 0 Å². The molecule has 0 aliphatic carbocycles. The maximum Gasteiger partial charge on any atom is 0.412 e. The highest BCUT2D eigenvalue weighted by Crippen LogP contribution is 2.34. The lowest BCUT2D eigenvalue weighted by atomic mass is 10.2. The van der Waals surface area contributed by atoms with E-state index >= 15 is 0 Å². The third-order valence-electron chi connectivity index (χ3n) is 2.46. The van der Waals surface area contributed by atoms with Gasteiger partial charge < -0.3 is 9.47 Å². The summed E-state index contributed by atoms with van der Waals surface area (Å²) >= 11 is 3.09. The number of anilines is 1. The maximum absolute atomic E-state index is 11.9. The van der Waals surface area contributed by atoms with E-state index in [2.05, 4.69) is 10.1 Å². The molecule has 1 rings (SSSR count). The van der Waals surface area contributed by atoms with E-state index in [1.54, 1.807) is 20.8 Å². The van der Waals surface area contributed by atoms with Crippen molar-refractivity contribution in [2.24, 2.45) is 0 Å². The van der Waals surface area contributed by atoms with Crippen LogP contribution in [0.3, 0.4) is 0 Å². The Labute approximate surface area is 156 Å². The standard InChI is InChI=1S/C14H17IN2O6S/c1-14(2,3)23-13(19)16-9-6-11(24-7-12(18)22-4)8(15)5-10(9)17(20)21/h5-6H,7H2,1-4H3,(H,16,19). The number of nitro groups is 1. The Balaban J connectivity index is 3.08. The highest BCUT2D eigenvalue weighted by Gasteiger charge is 2.23. The van der Waals surface area contributed by atoms with Gasteiger partial charge in [-0.3, -0.25) is 20.2 Å². The molecule has 0 aliphatic rings. The van der Waals surface area contributed by atoms with Gasteiger partial charge in [0.1, 0.15) is 11.3 Å². The number of hydrogen-bond acceptors (Lipinski definition) is 7. The molecule has 0 saturated heterocycles. The highest BCUT2D eigenvalue weighted by molar-refractivity contribution is 14.1. The molecule has 1 aromatic carbocycles. The molecule has 0 radical (unpaired) electrons. The average Bonchev–Trinajstić information content (AvgIpc) is 2.44. The van der Waals surface area contributed by atoms with Crippen LogP contribution in [-0.4, -0.2) is 35.4 Å². The second-order valence-corrected chi connectivity index (χ2v) is 7.73. The highest BCUT2D eigenvalue weighted by atomic mass is 127. The summed E-state index contributed by atoms with van der Waals surface area (Å²) < 4.78 is 10.3. The molecule has 0 unspecified atom stereocenters. The lowest BCUT2D eigenvalue weighted by Crippen LogP contribution is -2.27. The molecule has 0 bridgehead atoms. The summed E-state index contributed by atoms with van der Waals surface area (Å²) in [6.07, 6.45) is -0.796. The molecule has 1 aromatic rings. The van der Waals surface area contributed by atoms with E-state index in [-0.39, 0.29) is 17.1 Å². The molecular formula is C14H17IN2O6S. The fourth-order valence-corrected chi connectivity index (χ4v) is 3.22. The molecule has 0 heterocycles. The third kappa shape index (κ3) is 6.51. The minimum atomic E-state index is -0.796. The molecule has 24 heavy (non-hydrogen) atoms. The molecule has 1 amide bonds. The van der Waals surface area contributed by atoms with Crippen molar-refractivity contribution < 1.29 is 24.0 Å². The van der Waals surface area contributed by atoms with Crippen LogP contribution in [0.4, 0.5) is 16.2 Å². The van der Waals surface area contributed by atoms with Crippen LogP contribution in [0.15, 0.2) is 17.0 Å². The SMILES string of the molecule is COC(=O)CSc1cc(NC(=O)OC(C)(C)C)c([N+](=O)[O-])cc1I. The first kappa shape index (κ1) is 20.5. The summed E-state index contributed by atoms with van der Waals surface area (Å²) in [5.74, 6) is -0.369. The summed E-state index contributed by atoms with van der Waals surface area (Å²) in [6.45, 7) is 5.06. The Kier molecular flexibility index (Phi) is 7.27. The Morgan fingerprint density at radius 3 is 2.50 bits per heavy atom. The van der Waals surface area contributed by atoms with Crippen LogP contribution in [-0.2, 0) is 14.3 Å². The summed E-state index contributed by atoms with van der Waals surface area (Å²) in [5, 5.41) is 13.6. The fraction of sp³-hybridized carbons (Fsp3) is 0.429. The number of thioether (sulfide) groups is 1. The Bertz CT molecular complexity index is 659. The molecule has 0 saturated carbocycles. The van der Waals surface area contributed by atoms with E-state index in [4.69, 9.17) is 4.74 Å². The van der Waals surface area contributed by atoms with E-state index in [0.29, 0.717) is 8.47 Å². The van der Waals surface area contributed by atoms with Gasteiger partial charge in [0.25, 0.3) is 5.69 Å². The van der Waals surface area contributed by atoms with Gasteiger partial charge in [0, 0.05) is 14.5 Å². The number of esters is 1. The first-order chi connectivity index (χ1) is 11.0. The molecule has 8 nitrogen and oxygen atoms in total. The topological polar surface area (TPSA) is 108 Å². The maximum atomic E-state index is 11.9. The van der Waals surface area contributed by atoms with E-state index < -0.39 is 22.6 Å². The molecule has 0 aromatic heterocycles. The van der Waals surface area contributed by atoms with Gasteiger partial charge in [-0.1, -0.05) is 0 Å². The fourth-order valence-electron chi connectivity index (χ4n) is 1.51. The zero-order valence-corrected chi connectivity index (χ0v) is 16.5. The van der Waals surface area contributed by atoms with Crippen molar-refractivity contribution in [2.75, 3.05) is 18.2 Å². The number of carbonyl (C=O) groups is 2. The van der Waals surface area contributed by atoms with Gasteiger partial charge in [-0.25, -0.2) is 4.79 Å². The van der Waals surface area contributed by atoms with Crippen LogP contribution in [0.2, 0.25) is 0 Å². The number of methoxy groups -OCH3 is 1. The van der Waals surface area contributed by atoms with Gasteiger partial charge in [-0.05, 0) is 49.4 Å². The Morgan fingerprint density at radius 2 is 2.00 bits per heavy atom. The zero-order chi connectivity index (χ0) is 18.5. The lowest BCUT2D eigenvalue weighted by Gasteiger charge is -2.19. The molecule has 0 atom stereocenters. The van der Waals surface area contributed by atoms with E-state index in [9.17, 15) is 19.7 Å². The van der Waals surface area contributed by atoms with Gasteiger partial charge >= 0.3 is 12.1 Å². The monoisotopic (exact) mass is 468 g/mol. The predicted molar refractivity (Wildman–Crippen MR) is 98.4 cm³/mol. The van der Waals surface area contributed by atoms with Crippen LogP contribution in [0.5, 0.6) is 0 Å². The van der Waals surface area contributed by atoms with Gasteiger partial charge in [-0.2, -0.15) is 0 Å². The minimum Gasteiger partial charge on any atom is -0.468 e. The number of nitrogens with zero attached hydrogens (tertiary/aromatic N) is 1. The molecule has 0 aliphatic heterocycles. The molecule has 10 heteroatoms. The van der Waals surface area contributed by atoms with Gasteiger partial charge in [0.2, 0.25) is 0 Å². The van der Waals surface area contributed by atoms with E-state index in [1.807, 2.05) is 22.6 Å². The summed E-state index contributed by atoms with van der Waals surface area (Å²) in [7, 11) is 1.28. The second-order valence-electron chi connectivity index (χ2n) is 5.55. The molecule has 0 spiro atoms. The molecular weight excluding hydrogens is 451 g/mol. The van der Waals surface area contributed by atoms with E-state index in [0.717, 1.165) is 11.8 Å². The van der Waals surface area contributed by atoms with E-state index in [1.165, 1.54) is 19.2 Å². The van der Waals surface area contributed by atoms with Crippen molar-refractivity contribution in [3.05, 3.63) is 25.8 Å². The summed E-state index contributed by atoms with van der Waals surface area (Å²) in [4.78, 5) is 34.3. The van der Waals surface area contributed by atoms with Gasteiger partial charge in [0.15, 0.2) is 0 Å². The number of carbonyl (C=O) groups excluding carboxylic acids is 2. The number of halogens is 1. The number of rotatable bonds is 5. The quantitative estimate of drug-likeness (QED) is 0.230. The summed E-state index contributed by atoms with van der Waals surface area (Å²) in [6, 6.07) is 2.77. The molecule has 0 fully saturated rings. The van der Waals surface area contributed by atoms with Crippen molar-refractivity contribution in [2.45, 2.75) is 31.3 Å². The Hall–Kier alpha value is -1.56. The molecule has 132 valence electrons. The summed E-state index contributed by atoms with van der Waals surface area (Å²) in [5.41, 5.74) is -0.987. The van der Waals surface area contributed by atoms with Crippen molar-refractivity contribution in [3.63, 3.8) is 0 Å². The minimum absolute atomic E-state index is 0.00188. The number of nitro benzene ring substituents is 1. The van der Waals surface area contributed by atoms with Crippen molar-refractivity contribution in [1.82, 2.24) is 0 Å².